The number of anilines is 2. The van der Waals surface area contributed by atoms with Gasteiger partial charge in [0, 0.05) is 37.8 Å². The molecule has 0 radical (unpaired) electrons. The fraction of sp³-hybridized carbons (Fsp3) is 0.565. The van der Waals surface area contributed by atoms with Gasteiger partial charge in [0.1, 0.15) is 21.9 Å². The Morgan fingerprint density at radius 1 is 1.09 bits per heavy atom. The van der Waals surface area contributed by atoms with Gasteiger partial charge in [-0.1, -0.05) is 0 Å². The summed E-state index contributed by atoms with van der Waals surface area (Å²) in [6.45, 7) is 3.79. The number of aromatic nitrogens is 4. The number of fused-ring (bicyclic) bond motifs is 1. The minimum Gasteiger partial charge on any atom is -0.365 e. The van der Waals surface area contributed by atoms with E-state index in [1.54, 1.807) is 11.3 Å². The van der Waals surface area contributed by atoms with Gasteiger partial charge in [-0.2, -0.15) is 4.98 Å². The number of piperidine rings is 2. The third kappa shape index (κ3) is 3.88. The molecule has 1 atom stereocenters. The third-order valence-corrected chi connectivity index (χ3v) is 7.75. The number of aromatic amines is 1. The molecule has 32 heavy (non-hydrogen) atoms. The second-order valence-corrected chi connectivity index (χ2v) is 10.2. The van der Waals surface area contributed by atoms with Crippen LogP contribution in [0.25, 0.3) is 20.8 Å². The first kappa shape index (κ1) is 20.1. The molecular formula is C23H29N7OS. The molecule has 3 aromatic heterocycles. The van der Waals surface area contributed by atoms with Gasteiger partial charge < -0.3 is 15.5 Å². The number of rotatable bonds is 5. The first-order valence-corrected chi connectivity index (χ1v) is 12.7. The maximum atomic E-state index is 13.4. The van der Waals surface area contributed by atoms with Crippen molar-refractivity contribution in [2.24, 2.45) is 0 Å². The largest absolute Gasteiger partial charge is 0.365 e. The first-order chi connectivity index (χ1) is 15.8. The SMILES string of the molecule is O=c1[nH]c(N2CCCCC2)nc(NC2CCCNC2)c1-c1nc2c(C3CC3)nccc2s1. The first-order valence-electron chi connectivity index (χ1n) is 11.9. The van der Waals surface area contributed by atoms with Crippen molar-refractivity contribution in [1.29, 1.82) is 0 Å². The molecule has 2 saturated heterocycles. The summed E-state index contributed by atoms with van der Waals surface area (Å²) in [7, 11) is 0. The van der Waals surface area contributed by atoms with Gasteiger partial charge in [0.05, 0.1) is 10.4 Å². The van der Waals surface area contributed by atoms with Gasteiger partial charge in [-0.05, 0) is 57.6 Å². The number of nitrogens with zero attached hydrogens (tertiary/aromatic N) is 4. The summed E-state index contributed by atoms with van der Waals surface area (Å²) in [4.78, 5) is 33.2. The van der Waals surface area contributed by atoms with Crippen molar-refractivity contribution in [2.45, 2.75) is 56.9 Å². The van der Waals surface area contributed by atoms with Gasteiger partial charge in [0.15, 0.2) is 0 Å². The smallest absolute Gasteiger partial charge is 0.264 e. The van der Waals surface area contributed by atoms with Gasteiger partial charge in [-0.3, -0.25) is 14.8 Å². The van der Waals surface area contributed by atoms with Crippen LogP contribution in [0.1, 0.15) is 56.6 Å². The highest BCUT2D eigenvalue weighted by atomic mass is 32.1. The van der Waals surface area contributed by atoms with Crippen LogP contribution in [0.3, 0.4) is 0 Å². The van der Waals surface area contributed by atoms with E-state index in [-0.39, 0.29) is 11.6 Å². The van der Waals surface area contributed by atoms with Crippen molar-refractivity contribution in [1.82, 2.24) is 25.3 Å². The van der Waals surface area contributed by atoms with E-state index >= 15 is 0 Å². The molecule has 3 aliphatic rings. The normalized spacial score (nSPS) is 21.8. The fourth-order valence-corrected chi connectivity index (χ4v) is 5.84. The van der Waals surface area contributed by atoms with Crippen LogP contribution in [-0.4, -0.2) is 52.2 Å². The second-order valence-electron chi connectivity index (χ2n) is 9.18. The second kappa shape index (κ2) is 8.44. The molecule has 0 amide bonds. The zero-order chi connectivity index (χ0) is 21.5. The maximum absolute atomic E-state index is 13.4. The van der Waals surface area contributed by atoms with E-state index in [9.17, 15) is 4.79 Å². The zero-order valence-electron chi connectivity index (χ0n) is 18.2. The Hall–Kier alpha value is -2.52. The molecule has 9 heteroatoms. The Morgan fingerprint density at radius 3 is 2.75 bits per heavy atom. The number of thiazole rings is 1. The highest BCUT2D eigenvalue weighted by molar-refractivity contribution is 7.21. The maximum Gasteiger partial charge on any atom is 0.264 e. The van der Waals surface area contributed by atoms with E-state index in [1.807, 2.05) is 12.3 Å². The van der Waals surface area contributed by atoms with Crippen LogP contribution in [0.2, 0.25) is 0 Å². The molecule has 168 valence electrons. The van der Waals surface area contributed by atoms with E-state index in [0.29, 0.717) is 23.2 Å². The Labute approximate surface area is 190 Å². The molecule has 0 spiro atoms. The Kier molecular flexibility index (Phi) is 5.30. The van der Waals surface area contributed by atoms with Gasteiger partial charge in [-0.15, -0.1) is 11.3 Å². The molecule has 5 heterocycles. The Morgan fingerprint density at radius 2 is 1.97 bits per heavy atom. The van der Waals surface area contributed by atoms with Gasteiger partial charge in [0.25, 0.3) is 5.56 Å². The van der Waals surface area contributed by atoms with E-state index in [0.717, 1.165) is 72.8 Å². The standard InChI is InChI=1S/C23H29N7OS/c31-21-17(22-27-19-16(32-22)8-10-25-18(19)14-6-7-14)20(26-15-5-4-9-24-13-15)28-23(29-21)30-11-2-1-3-12-30/h8,10,14-15,24H,1-7,9,11-13H2,(H2,26,28,29,31). The monoisotopic (exact) mass is 451 g/mol. The molecule has 6 rings (SSSR count). The molecule has 1 aliphatic carbocycles. The van der Waals surface area contributed by atoms with Gasteiger partial charge in [-0.25, -0.2) is 4.98 Å². The minimum absolute atomic E-state index is 0.119. The van der Waals surface area contributed by atoms with Crippen molar-refractivity contribution in [3.63, 3.8) is 0 Å². The van der Waals surface area contributed by atoms with Crippen LogP contribution in [0.4, 0.5) is 11.8 Å². The summed E-state index contributed by atoms with van der Waals surface area (Å²) in [5.74, 6) is 1.84. The molecule has 1 unspecified atom stereocenters. The molecule has 3 fully saturated rings. The number of H-pyrrole nitrogens is 1. The summed E-state index contributed by atoms with van der Waals surface area (Å²) in [6, 6.07) is 2.26. The van der Waals surface area contributed by atoms with Crippen LogP contribution >= 0.6 is 11.3 Å². The van der Waals surface area contributed by atoms with Crippen molar-refractivity contribution >= 4 is 33.3 Å². The van der Waals surface area contributed by atoms with Crippen molar-refractivity contribution in [2.75, 3.05) is 36.4 Å². The topological polar surface area (TPSA) is 98.8 Å². The molecule has 8 nitrogen and oxygen atoms in total. The van der Waals surface area contributed by atoms with Crippen LogP contribution in [0, 0.1) is 0 Å². The van der Waals surface area contributed by atoms with Crippen LogP contribution in [0.15, 0.2) is 17.1 Å². The highest BCUT2D eigenvalue weighted by Gasteiger charge is 2.29. The average molecular weight is 452 g/mol. The molecule has 2 aliphatic heterocycles. The number of nitrogens with one attached hydrogen (secondary N) is 3. The lowest BCUT2D eigenvalue weighted by Crippen LogP contribution is -2.39. The fourth-order valence-electron chi connectivity index (χ4n) is 4.83. The third-order valence-electron chi connectivity index (χ3n) is 6.71. The van der Waals surface area contributed by atoms with Gasteiger partial charge in [0.2, 0.25) is 5.95 Å². The zero-order valence-corrected chi connectivity index (χ0v) is 19.0. The molecule has 0 aromatic carbocycles. The summed E-state index contributed by atoms with van der Waals surface area (Å²) in [5, 5.41) is 7.76. The number of pyridine rings is 1. The summed E-state index contributed by atoms with van der Waals surface area (Å²) < 4.78 is 1.08. The van der Waals surface area contributed by atoms with Crippen LogP contribution in [-0.2, 0) is 0 Å². The van der Waals surface area contributed by atoms with E-state index in [2.05, 4.69) is 25.5 Å². The van der Waals surface area contributed by atoms with Crippen molar-refractivity contribution in [3.05, 3.63) is 28.3 Å². The van der Waals surface area contributed by atoms with Crippen molar-refractivity contribution in [3.8, 4) is 10.6 Å². The van der Waals surface area contributed by atoms with Crippen molar-refractivity contribution < 1.29 is 0 Å². The summed E-state index contributed by atoms with van der Waals surface area (Å²) >= 11 is 1.56. The molecule has 0 bridgehead atoms. The lowest BCUT2D eigenvalue weighted by atomic mass is 10.1. The molecule has 3 aromatic rings. The molecule has 3 N–H and O–H groups in total. The molecular weight excluding hydrogens is 422 g/mol. The van der Waals surface area contributed by atoms with E-state index in [1.165, 1.54) is 19.3 Å². The lowest BCUT2D eigenvalue weighted by molar-refractivity contribution is 0.479. The van der Waals surface area contributed by atoms with Crippen LogP contribution < -0.4 is 21.1 Å². The Balaban J connectivity index is 1.44. The Bertz CT molecular complexity index is 1170. The predicted molar refractivity (Wildman–Crippen MR) is 129 cm³/mol. The van der Waals surface area contributed by atoms with Gasteiger partial charge >= 0.3 is 0 Å². The summed E-state index contributed by atoms with van der Waals surface area (Å²) in [6.07, 6.45) is 9.90. The minimum atomic E-state index is -0.119. The van der Waals surface area contributed by atoms with Crippen LogP contribution in [0.5, 0.6) is 0 Å². The number of hydrogen-bond donors (Lipinski definition) is 3. The highest BCUT2D eigenvalue weighted by Crippen LogP contribution is 2.43. The average Bonchev–Trinajstić information content (AvgIpc) is 3.58. The van der Waals surface area contributed by atoms with E-state index < -0.39 is 0 Å². The molecule has 1 saturated carbocycles. The number of hydrogen-bond acceptors (Lipinski definition) is 8. The lowest BCUT2D eigenvalue weighted by Gasteiger charge is -2.29. The summed E-state index contributed by atoms with van der Waals surface area (Å²) in [5.41, 5.74) is 2.45. The van der Waals surface area contributed by atoms with E-state index in [4.69, 9.17) is 9.97 Å². The quantitative estimate of drug-likeness (QED) is 0.546. The predicted octanol–water partition coefficient (Wildman–Crippen LogP) is 3.47.